The number of anilines is 1. The van der Waals surface area contributed by atoms with Crippen molar-refractivity contribution in [3.8, 4) is 6.07 Å². The fourth-order valence-electron chi connectivity index (χ4n) is 1.39. The molecule has 0 saturated heterocycles. The van der Waals surface area contributed by atoms with Crippen LogP contribution >= 0.6 is 0 Å². The van der Waals surface area contributed by atoms with E-state index in [0.717, 1.165) is 12.1 Å². The average molecular weight is 259 g/mol. The second-order valence-electron chi connectivity index (χ2n) is 3.59. The van der Waals surface area contributed by atoms with E-state index in [1.807, 2.05) is 6.07 Å². The Hall–Kier alpha value is -2.81. The molecule has 0 aliphatic heterocycles. The van der Waals surface area contributed by atoms with Crippen LogP contribution in [0.15, 0.2) is 36.5 Å². The lowest BCUT2D eigenvalue weighted by molar-refractivity contribution is 0.102. The highest BCUT2D eigenvalue weighted by atomic mass is 19.1. The third kappa shape index (κ3) is 2.72. The lowest BCUT2D eigenvalue weighted by Crippen LogP contribution is -2.15. The molecule has 2 rings (SSSR count). The molecule has 4 nitrogen and oxygen atoms in total. The van der Waals surface area contributed by atoms with Gasteiger partial charge in [-0.15, -0.1) is 0 Å². The van der Waals surface area contributed by atoms with E-state index >= 15 is 0 Å². The van der Waals surface area contributed by atoms with Gasteiger partial charge in [-0.1, -0.05) is 6.07 Å². The maximum Gasteiger partial charge on any atom is 0.274 e. The Morgan fingerprint density at radius 2 is 1.89 bits per heavy atom. The van der Waals surface area contributed by atoms with Gasteiger partial charge in [0.1, 0.15) is 29.1 Å². The van der Waals surface area contributed by atoms with Crippen molar-refractivity contribution in [3.05, 3.63) is 59.4 Å². The molecule has 1 heterocycles. The third-order valence-corrected chi connectivity index (χ3v) is 2.33. The zero-order valence-corrected chi connectivity index (χ0v) is 9.52. The number of hydrogen-bond acceptors (Lipinski definition) is 3. The normalized spacial score (nSPS) is 9.74. The van der Waals surface area contributed by atoms with E-state index in [0.29, 0.717) is 0 Å². The first-order valence-corrected chi connectivity index (χ1v) is 5.23. The quantitative estimate of drug-likeness (QED) is 0.901. The van der Waals surface area contributed by atoms with Crippen LogP contribution < -0.4 is 5.32 Å². The predicted molar refractivity (Wildman–Crippen MR) is 63.3 cm³/mol. The molecule has 0 aliphatic rings. The minimum Gasteiger partial charge on any atom is -0.316 e. The van der Waals surface area contributed by atoms with Gasteiger partial charge in [-0.05, 0) is 24.3 Å². The van der Waals surface area contributed by atoms with Gasteiger partial charge in [0.2, 0.25) is 0 Å². The minimum atomic E-state index is -0.873. The molecule has 0 spiro atoms. The summed E-state index contributed by atoms with van der Waals surface area (Å²) in [4.78, 5) is 15.5. The minimum absolute atomic E-state index is 0.0401. The zero-order valence-electron chi connectivity index (χ0n) is 9.52. The second kappa shape index (κ2) is 5.23. The van der Waals surface area contributed by atoms with E-state index in [-0.39, 0.29) is 11.3 Å². The number of pyridine rings is 1. The molecule has 1 aromatic carbocycles. The van der Waals surface area contributed by atoms with Crippen molar-refractivity contribution in [3.63, 3.8) is 0 Å². The van der Waals surface area contributed by atoms with E-state index in [4.69, 9.17) is 5.26 Å². The molecule has 19 heavy (non-hydrogen) atoms. The summed E-state index contributed by atoms with van der Waals surface area (Å²) in [6.07, 6.45) is 1.20. The van der Waals surface area contributed by atoms with Crippen LogP contribution in [0.1, 0.15) is 16.1 Å². The number of aromatic nitrogens is 1. The van der Waals surface area contributed by atoms with Crippen LogP contribution in [-0.2, 0) is 0 Å². The predicted octanol–water partition coefficient (Wildman–Crippen LogP) is 2.48. The highest BCUT2D eigenvalue weighted by Crippen LogP contribution is 2.18. The lowest BCUT2D eigenvalue weighted by Gasteiger charge is -2.06. The maximum absolute atomic E-state index is 13.3. The molecule has 0 saturated carbocycles. The van der Waals surface area contributed by atoms with Crippen molar-refractivity contribution < 1.29 is 13.6 Å². The first kappa shape index (κ1) is 12.6. The van der Waals surface area contributed by atoms with Gasteiger partial charge in [-0.3, -0.25) is 4.79 Å². The molecule has 0 radical (unpaired) electrons. The molecule has 0 bridgehead atoms. The van der Waals surface area contributed by atoms with Crippen LogP contribution in [0, 0.1) is 23.0 Å². The highest BCUT2D eigenvalue weighted by Gasteiger charge is 2.14. The SMILES string of the molecule is N#Cc1ccc(C(=O)Nc2c(F)cccc2F)nc1. The molecule has 0 fully saturated rings. The Labute approximate surface area is 107 Å². The van der Waals surface area contributed by atoms with Gasteiger partial charge in [0.05, 0.1) is 5.56 Å². The summed E-state index contributed by atoms with van der Waals surface area (Å²) in [5.74, 6) is -2.50. The lowest BCUT2D eigenvalue weighted by atomic mass is 10.2. The highest BCUT2D eigenvalue weighted by molar-refractivity contribution is 6.03. The Balaban J connectivity index is 2.23. The molecule has 1 N–H and O–H groups in total. The number of nitrogens with zero attached hydrogens (tertiary/aromatic N) is 2. The second-order valence-corrected chi connectivity index (χ2v) is 3.59. The Morgan fingerprint density at radius 1 is 1.21 bits per heavy atom. The molecule has 0 aliphatic carbocycles. The van der Waals surface area contributed by atoms with Crippen LogP contribution in [0.5, 0.6) is 0 Å². The number of carbonyl (C=O) groups is 1. The molecular formula is C13H7F2N3O. The van der Waals surface area contributed by atoms with E-state index in [1.54, 1.807) is 0 Å². The molecular weight excluding hydrogens is 252 g/mol. The number of hydrogen-bond donors (Lipinski definition) is 1. The van der Waals surface area contributed by atoms with E-state index in [2.05, 4.69) is 10.3 Å². The van der Waals surface area contributed by atoms with Gasteiger partial charge in [-0.25, -0.2) is 13.8 Å². The monoisotopic (exact) mass is 259 g/mol. The number of rotatable bonds is 2. The molecule has 1 amide bonds. The summed E-state index contributed by atoms with van der Waals surface area (Å²) in [6, 6.07) is 7.79. The van der Waals surface area contributed by atoms with Crippen LogP contribution in [0.2, 0.25) is 0 Å². The van der Waals surface area contributed by atoms with Crippen LogP contribution in [0.4, 0.5) is 14.5 Å². The van der Waals surface area contributed by atoms with Crippen molar-refractivity contribution in [2.24, 2.45) is 0 Å². The van der Waals surface area contributed by atoms with Crippen LogP contribution in [-0.4, -0.2) is 10.9 Å². The van der Waals surface area contributed by atoms with Gasteiger partial charge in [0.25, 0.3) is 5.91 Å². The topological polar surface area (TPSA) is 65.8 Å². The first-order chi connectivity index (χ1) is 9.11. The number of para-hydroxylation sites is 1. The van der Waals surface area contributed by atoms with E-state index in [9.17, 15) is 13.6 Å². The van der Waals surface area contributed by atoms with E-state index < -0.39 is 23.2 Å². The van der Waals surface area contributed by atoms with Crippen molar-refractivity contribution in [1.82, 2.24) is 4.98 Å². The fraction of sp³-hybridized carbons (Fsp3) is 0. The average Bonchev–Trinajstić information content (AvgIpc) is 2.43. The van der Waals surface area contributed by atoms with Gasteiger partial charge in [-0.2, -0.15) is 5.26 Å². The smallest absolute Gasteiger partial charge is 0.274 e. The maximum atomic E-state index is 13.3. The van der Waals surface area contributed by atoms with Gasteiger partial charge in [0, 0.05) is 6.20 Å². The van der Waals surface area contributed by atoms with Crippen molar-refractivity contribution >= 4 is 11.6 Å². The largest absolute Gasteiger partial charge is 0.316 e. The number of nitriles is 1. The summed E-state index contributed by atoms with van der Waals surface area (Å²) in [6.45, 7) is 0. The molecule has 1 aromatic heterocycles. The number of amides is 1. The Kier molecular flexibility index (Phi) is 3.48. The van der Waals surface area contributed by atoms with Crippen molar-refractivity contribution in [1.29, 1.82) is 5.26 Å². The fourth-order valence-corrected chi connectivity index (χ4v) is 1.39. The van der Waals surface area contributed by atoms with Gasteiger partial charge in [0.15, 0.2) is 0 Å². The van der Waals surface area contributed by atoms with Gasteiger partial charge >= 0.3 is 0 Å². The summed E-state index contributed by atoms with van der Waals surface area (Å²) in [5.41, 5.74) is -0.283. The summed E-state index contributed by atoms with van der Waals surface area (Å²) >= 11 is 0. The summed E-state index contributed by atoms with van der Waals surface area (Å²) in [7, 11) is 0. The van der Waals surface area contributed by atoms with Crippen molar-refractivity contribution in [2.45, 2.75) is 0 Å². The molecule has 6 heteroatoms. The number of carbonyl (C=O) groups excluding carboxylic acids is 1. The van der Waals surface area contributed by atoms with Crippen molar-refractivity contribution in [2.75, 3.05) is 5.32 Å². The first-order valence-electron chi connectivity index (χ1n) is 5.23. The summed E-state index contributed by atoms with van der Waals surface area (Å²) < 4.78 is 26.7. The summed E-state index contributed by atoms with van der Waals surface area (Å²) in [5, 5.41) is 10.7. The molecule has 0 unspecified atom stereocenters. The van der Waals surface area contributed by atoms with Crippen LogP contribution in [0.3, 0.4) is 0 Å². The molecule has 0 atom stereocenters. The number of benzene rings is 1. The third-order valence-electron chi connectivity index (χ3n) is 2.33. The number of nitrogens with one attached hydrogen (secondary N) is 1. The van der Waals surface area contributed by atoms with Crippen LogP contribution in [0.25, 0.3) is 0 Å². The Bertz CT molecular complexity index is 642. The standard InChI is InChI=1S/C13H7F2N3O/c14-9-2-1-3-10(15)12(9)18-13(19)11-5-4-8(6-16)7-17-11/h1-5,7H,(H,18,19). The Morgan fingerprint density at radius 3 is 2.42 bits per heavy atom. The molecule has 94 valence electrons. The van der Waals surface area contributed by atoms with E-state index in [1.165, 1.54) is 24.4 Å². The van der Waals surface area contributed by atoms with Gasteiger partial charge < -0.3 is 5.32 Å². The number of halogens is 2. The molecule has 2 aromatic rings. The zero-order chi connectivity index (χ0) is 13.8.